The van der Waals surface area contributed by atoms with E-state index in [1.807, 2.05) is 24.3 Å². The molecule has 138 valence electrons. The van der Waals surface area contributed by atoms with Crippen LogP contribution < -0.4 is 21.7 Å². The fourth-order valence-corrected chi connectivity index (χ4v) is 3.19. The van der Waals surface area contributed by atoms with E-state index in [4.69, 9.17) is 5.73 Å². The van der Waals surface area contributed by atoms with Crippen LogP contribution >= 0.6 is 0 Å². The first kappa shape index (κ1) is 17.9. The number of amides is 3. The molecule has 0 saturated carbocycles. The van der Waals surface area contributed by atoms with Gasteiger partial charge in [0.05, 0.1) is 12.6 Å². The van der Waals surface area contributed by atoms with Crippen LogP contribution in [0.25, 0.3) is 10.9 Å². The Morgan fingerprint density at radius 3 is 2.81 bits per heavy atom. The van der Waals surface area contributed by atoms with Crippen molar-refractivity contribution < 1.29 is 14.4 Å². The van der Waals surface area contributed by atoms with Gasteiger partial charge in [-0.3, -0.25) is 14.4 Å². The topological polar surface area (TPSA) is 129 Å². The number of nitrogens with two attached hydrogens (primary N) is 1. The average Bonchev–Trinajstić information content (AvgIpc) is 3.29. The largest absolute Gasteiger partial charge is 0.368 e. The molecule has 6 N–H and O–H groups in total. The minimum atomic E-state index is -0.844. The molecule has 1 aliphatic heterocycles. The summed E-state index contributed by atoms with van der Waals surface area (Å²) in [6.07, 6.45) is 3.79. The molecule has 1 aliphatic rings. The molecule has 2 heterocycles. The number of carbonyl (C=O) groups excluding carboxylic acids is 3. The maximum Gasteiger partial charge on any atom is 0.240 e. The molecule has 3 amide bonds. The predicted octanol–water partition coefficient (Wildman–Crippen LogP) is -0.451. The maximum absolute atomic E-state index is 12.1. The van der Waals surface area contributed by atoms with Gasteiger partial charge in [0, 0.05) is 23.5 Å². The molecule has 0 radical (unpaired) electrons. The molecular weight excluding hydrogens is 334 g/mol. The van der Waals surface area contributed by atoms with E-state index in [0.29, 0.717) is 0 Å². The fraction of sp³-hybridized carbons (Fsp3) is 0.389. The third-order valence-corrected chi connectivity index (χ3v) is 4.58. The number of aromatic nitrogens is 1. The summed E-state index contributed by atoms with van der Waals surface area (Å²) in [4.78, 5) is 38.9. The number of benzene rings is 1. The van der Waals surface area contributed by atoms with Gasteiger partial charge < -0.3 is 26.7 Å². The van der Waals surface area contributed by atoms with Crippen LogP contribution in [0.1, 0.15) is 18.4 Å². The van der Waals surface area contributed by atoms with Gasteiger partial charge in [-0.2, -0.15) is 0 Å². The molecule has 1 aromatic heterocycles. The van der Waals surface area contributed by atoms with Crippen molar-refractivity contribution in [2.75, 3.05) is 13.1 Å². The number of primary amides is 1. The molecule has 0 bridgehead atoms. The van der Waals surface area contributed by atoms with Crippen LogP contribution in [0, 0.1) is 0 Å². The van der Waals surface area contributed by atoms with E-state index in [2.05, 4.69) is 20.9 Å². The lowest BCUT2D eigenvalue weighted by Crippen LogP contribution is -2.50. The Morgan fingerprint density at radius 2 is 2.08 bits per heavy atom. The molecule has 1 aromatic carbocycles. The normalized spacial score (nSPS) is 17.8. The molecule has 3 rings (SSSR count). The van der Waals surface area contributed by atoms with E-state index < -0.39 is 17.9 Å². The summed E-state index contributed by atoms with van der Waals surface area (Å²) in [5.74, 6) is -1.27. The van der Waals surface area contributed by atoms with Crippen molar-refractivity contribution in [3.63, 3.8) is 0 Å². The van der Waals surface area contributed by atoms with Gasteiger partial charge in [-0.25, -0.2) is 0 Å². The molecule has 8 heteroatoms. The summed E-state index contributed by atoms with van der Waals surface area (Å²) in [5, 5.41) is 9.23. The molecule has 26 heavy (non-hydrogen) atoms. The van der Waals surface area contributed by atoms with Crippen LogP contribution in [-0.4, -0.2) is 47.9 Å². The van der Waals surface area contributed by atoms with Gasteiger partial charge >= 0.3 is 0 Å². The first-order chi connectivity index (χ1) is 12.5. The Labute approximate surface area is 150 Å². The van der Waals surface area contributed by atoms with E-state index in [-0.39, 0.29) is 24.9 Å². The lowest BCUT2D eigenvalue weighted by Gasteiger charge is -2.16. The molecular formula is C18H23N5O3. The highest BCUT2D eigenvalue weighted by Gasteiger charge is 2.24. The zero-order valence-electron chi connectivity index (χ0n) is 14.4. The minimum absolute atomic E-state index is 0.186. The highest BCUT2D eigenvalue weighted by atomic mass is 16.2. The smallest absolute Gasteiger partial charge is 0.240 e. The highest BCUT2D eigenvalue weighted by molar-refractivity contribution is 5.91. The van der Waals surface area contributed by atoms with Crippen molar-refractivity contribution in [3.8, 4) is 0 Å². The summed E-state index contributed by atoms with van der Waals surface area (Å²) in [6, 6.07) is 6.60. The van der Waals surface area contributed by atoms with Gasteiger partial charge in [0.2, 0.25) is 17.7 Å². The van der Waals surface area contributed by atoms with E-state index in [0.717, 1.165) is 35.9 Å². The van der Waals surface area contributed by atoms with Crippen LogP contribution in [0.3, 0.4) is 0 Å². The van der Waals surface area contributed by atoms with Crippen LogP contribution in [0.5, 0.6) is 0 Å². The SMILES string of the molecule is NC(=O)C(Cc1c[nH]c2ccccc12)NC(=O)CNC(=O)C1CCCN1. The van der Waals surface area contributed by atoms with Gasteiger partial charge in [0.25, 0.3) is 0 Å². The predicted molar refractivity (Wildman–Crippen MR) is 97.2 cm³/mol. The second kappa shape index (κ2) is 8.01. The zero-order valence-corrected chi connectivity index (χ0v) is 14.4. The number of para-hydroxylation sites is 1. The lowest BCUT2D eigenvalue weighted by atomic mass is 10.0. The Kier molecular flexibility index (Phi) is 5.52. The van der Waals surface area contributed by atoms with Gasteiger partial charge in [-0.15, -0.1) is 0 Å². The number of fused-ring (bicyclic) bond motifs is 1. The number of carbonyl (C=O) groups is 3. The summed E-state index contributed by atoms with van der Waals surface area (Å²) in [7, 11) is 0. The molecule has 2 aromatic rings. The van der Waals surface area contributed by atoms with Gasteiger partial charge in [-0.05, 0) is 31.0 Å². The van der Waals surface area contributed by atoms with Crippen LogP contribution in [0.2, 0.25) is 0 Å². The summed E-state index contributed by atoms with van der Waals surface area (Å²) >= 11 is 0. The van der Waals surface area contributed by atoms with Crippen molar-refractivity contribution in [1.82, 2.24) is 20.9 Å². The number of aromatic amines is 1. The Balaban J connectivity index is 1.57. The highest BCUT2D eigenvalue weighted by Crippen LogP contribution is 2.19. The van der Waals surface area contributed by atoms with Crippen molar-refractivity contribution in [3.05, 3.63) is 36.0 Å². The van der Waals surface area contributed by atoms with Gasteiger partial charge in [0.15, 0.2) is 0 Å². The number of nitrogens with one attached hydrogen (secondary N) is 4. The summed E-state index contributed by atoms with van der Waals surface area (Å²) in [5.41, 5.74) is 7.28. The number of H-pyrrole nitrogens is 1. The molecule has 8 nitrogen and oxygen atoms in total. The summed E-state index contributed by atoms with van der Waals surface area (Å²) in [6.45, 7) is 0.618. The van der Waals surface area contributed by atoms with Gasteiger partial charge in [-0.1, -0.05) is 18.2 Å². The second-order valence-electron chi connectivity index (χ2n) is 6.45. The quantitative estimate of drug-likeness (QED) is 0.459. The minimum Gasteiger partial charge on any atom is -0.368 e. The molecule has 0 spiro atoms. The van der Waals surface area contributed by atoms with Crippen LogP contribution in [0.4, 0.5) is 0 Å². The first-order valence-electron chi connectivity index (χ1n) is 8.69. The number of rotatable bonds is 7. The third kappa shape index (κ3) is 4.20. The lowest BCUT2D eigenvalue weighted by molar-refractivity contribution is -0.129. The van der Waals surface area contributed by atoms with Crippen LogP contribution in [0.15, 0.2) is 30.5 Å². The van der Waals surface area contributed by atoms with Crippen molar-refractivity contribution in [2.45, 2.75) is 31.3 Å². The average molecular weight is 357 g/mol. The Morgan fingerprint density at radius 1 is 1.27 bits per heavy atom. The monoisotopic (exact) mass is 357 g/mol. The standard InChI is InChI=1S/C18H23N5O3/c19-17(25)15(8-11-9-21-13-5-2-1-4-12(11)13)23-16(24)10-22-18(26)14-6-3-7-20-14/h1-2,4-5,9,14-15,20-21H,3,6-8,10H2,(H2,19,25)(H,22,26)(H,23,24). The van der Waals surface area contributed by atoms with Crippen LogP contribution in [-0.2, 0) is 20.8 Å². The molecule has 0 aliphatic carbocycles. The molecule has 1 fully saturated rings. The van der Waals surface area contributed by atoms with Crippen molar-refractivity contribution >= 4 is 28.6 Å². The number of hydrogen-bond acceptors (Lipinski definition) is 4. The molecule has 1 saturated heterocycles. The maximum atomic E-state index is 12.1. The fourth-order valence-electron chi connectivity index (χ4n) is 3.19. The van der Waals surface area contributed by atoms with E-state index in [1.165, 1.54) is 0 Å². The summed E-state index contributed by atoms with van der Waals surface area (Å²) < 4.78 is 0. The van der Waals surface area contributed by atoms with E-state index in [9.17, 15) is 14.4 Å². The first-order valence-corrected chi connectivity index (χ1v) is 8.69. The third-order valence-electron chi connectivity index (χ3n) is 4.58. The van der Waals surface area contributed by atoms with E-state index >= 15 is 0 Å². The molecule has 2 atom stereocenters. The van der Waals surface area contributed by atoms with Gasteiger partial charge in [0.1, 0.15) is 6.04 Å². The molecule has 2 unspecified atom stereocenters. The second-order valence-corrected chi connectivity index (χ2v) is 6.45. The zero-order chi connectivity index (χ0) is 18.5. The number of hydrogen-bond donors (Lipinski definition) is 5. The van der Waals surface area contributed by atoms with Crippen molar-refractivity contribution in [1.29, 1.82) is 0 Å². The van der Waals surface area contributed by atoms with Crippen molar-refractivity contribution in [2.24, 2.45) is 5.73 Å². The van der Waals surface area contributed by atoms with E-state index in [1.54, 1.807) is 6.20 Å². The Hall–Kier alpha value is -2.87. The Bertz CT molecular complexity index is 810.